The summed E-state index contributed by atoms with van der Waals surface area (Å²) in [4.78, 5) is 22.7. The molecule has 0 aromatic heterocycles. The third-order valence-corrected chi connectivity index (χ3v) is 6.10. The first-order valence-electron chi connectivity index (χ1n) is 14.0. The Morgan fingerprint density at radius 1 is 0.438 bits per heavy atom. The van der Waals surface area contributed by atoms with Gasteiger partial charge in [0.15, 0.2) is 0 Å². The summed E-state index contributed by atoms with van der Waals surface area (Å²) >= 11 is 0. The van der Waals surface area contributed by atoms with Crippen molar-refractivity contribution in [3.8, 4) is 0 Å². The molecule has 4 nitrogen and oxygen atoms in total. The highest BCUT2D eigenvalue weighted by molar-refractivity contribution is 5.77. The highest BCUT2D eigenvalue weighted by atomic mass is 16.5. The van der Waals surface area contributed by atoms with E-state index in [1.807, 2.05) is 0 Å². The van der Waals surface area contributed by atoms with E-state index in [0.29, 0.717) is 13.2 Å². The largest absolute Gasteiger partial charge is 0.466 e. The molecule has 4 heteroatoms. The number of ether oxygens (including phenoxy) is 2. The molecule has 0 spiro atoms. The molecule has 0 unspecified atom stereocenters. The first kappa shape index (κ1) is 30.9. The van der Waals surface area contributed by atoms with Crippen LogP contribution in [0.3, 0.4) is 0 Å². The van der Waals surface area contributed by atoms with Crippen LogP contribution in [0.1, 0.15) is 155 Å². The lowest BCUT2D eigenvalue weighted by molar-refractivity contribution is -0.150. The van der Waals surface area contributed by atoms with Crippen molar-refractivity contribution in [2.45, 2.75) is 155 Å². The Balaban J connectivity index is 3.13. The molecule has 0 fully saturated rings. The predicted octanol–water partition coefficient (Wildman–Crippen LogP) is 8.69. The Morgan fingerprint density at radius 2 is 0.750 bits per heavy atom. The van der Waals surface area contributed by atoms with E-state index >= 15 is 0 Å². The lowest BCUT2D eigenvalue weighted by Gasteiger charge is -2.05. The molecule has 0 rings (SSSR count). The van der Waals surface area contributed by atoms with Crippen molar-refractivity contribution in [3.63, 3.8) is 0 Å². The molecule has 0 aliphatic carbocycles. The molecule has 0 aromatic carbocycles. The van der Waals surface area contributed by atoms with Gasteiger partial charge in [-0.15, -0.1) is 0 Å². The minimum absolute atomic E-state index is 0.117. The first-order valence-corrected chi connectivity index (χ1v) is 14.0. The zero-order valence-electron chi connectivity index (χ0n) is 21.6. The van der Waals surface area contributed by atoms with Crippen LogP contribution in [-0.2, 0) is 19.1 Å². The fourth-order valence-electron chi connectivity index (χ4n) is 4.05. The molecule has 0 bridgehead atoms. The molecule has 0 aliphatic rings. The zero-order valence-corrected chi connectivity index (χ0v) is 21.6. The molecule has 0 N–H and O–H groups in total. The predicted molar refractivity (Wildman–Crippen MR) is 135 cm³/mol. The second-order valence-corrected chi connectivity index (χ2v) is 9.24. The van der Waals surface area contributed by atoms with E-state index in [-0.39, 0.29) is 24.8 Å². The molecular formula is C28H54O4. The van der Waals surface area contributed by atoms with Gasteiger partial charge in [-0.05, 0) is 13.3 Å². The average Bonchev–Trinajstić information content (AvgIpc) is 2.79. The van der Waals surface area contributed by atoms with Gasteiger partial charge in [0, 0.05) is 0 Å². The van der Waals surface area contributed by atoms with Crippen molar-refractivity contribution in [1.82, 2.24) is 0 Å². The normalized spacial score (nSPS) is 10.9. The van der Waals surface area contributed by atoms with E-state index in [1.54, 1.807) is 6.92 Å². The lowest BCUT2D eigenvalue weighted by atomic mass is 10.0. The van der Waals surface area contributed by atoms with Crippen LogP contribution in [-0.4, -0.2) is 25.2 Å². The van der Waals surface area contributed by atoms with Crippen LogP contribution in [0.2, 0.25) is 0 Å². The van der Waals surface area contributed by atoms with Gasteiger partial charge in [-0.2, -0.15) is 0 Å². The summed E-state index contributed by atoms with van der Waals surface area (Å²) in [6, 6.07) is 0. The van der Waals surface area contributed by atoms with Crippen molar-refractivity contribution in [3.05, 3.63) is 0 Å². The molecule has 0 heterocycles. The Hall–Kier alpha value is -1.06. The Bertz CT molecular complexity index is 408. The van der Waals surface area contributed by atoms with Crippen molar-refractivity contribution >= 4 is 11.9 Å². The molecule has 0 saturated heterocycles. The molecule has 190 valence electrons. The second kappa shape index (κ2) is 26.2. The minimum atomic E-state index is -0.330. The van der Waals surface area contributed by atoms with Gasteiger partial charge in [0.1, 0.15) is 0 Å². The number of carbonyl (C=O) groups is 2. The van der Waals surface area contributed by atoms with Gasteiger partial charge < -0.3 is 9.47 Å². The van der Waals surface area contributed by atoms with Crippen molar-refractivity contribution in [1.29, 1.82) is 0 Å². The number of unbranched alkanes of at least 4 members (excludes halogenated alkanes) is 19. The molecule has 0 aromatic rings. The SMILES string of the molecule is CCCCCCCCCCCCCCCCCCCCCCOC(=O)CCC(=O)OCC. The van der Waals surface area contributed by atoms with Crippen molar-refractivity contribution < 1.29 is 19.1 Å². The summed E-state index contributed by atoms with van der Waals surface area (Å²) in [5, 5.41) is 0. The third kappa shape index (κ3) is 25.2. The van der Waals surface area contributed by atoms with Crippen LogP contribution in [0.15, 0.2) is 0 Å². The Morgan fingerprint density at radius 3 is 1.09 bits per heavy atom. The summed E-state index contributed by atoms with van der Waals surface area (Å²) in [5.74, 6) is -0.626. The monoisotopic (exact) mass is 454 g/mol. The van der Waals surface area contributed by atoms with E-state index in [2.05, 4.69) is 6.92 Å². The summed E-state index contributed by atoms with van der Waals surface area (Å²) in [7, 11) is 0. The maximum absolute atomic E-state index is 11.5. The van der Waals surface area contributed by atoms with Gasteiger partial charge in [-0.3, -0.25) is 9.59 Å². The standard InChI is InChI=1S/C28H54O4/c1-3-5-6-7-8-9-10-11-12-13-14-15-16-17-18-19-20-21-22-23-26-32-28(30)25-24-27(29)31-4-2/h3-26H2,1-2H3. The lowest BCUT2D eigenvalue weighted by Crippen LogP contribution is -2.10. The first-order chi connectivity index (χ1) is 15.7. The average molecular weight is 455 g/mol. The van der Waals surface area contributed by atoms with E-state index in [4.69, 9.17) is 9.47 Å². The highest BCUT2D eigenvalue weighted by Gasteiger charge is 2.08. The van der Waals surface area contributed by atoms with Crippen molar-refractivity contribution in [2.75, 3.05) is 13.2 Å². The quantitative estimate of drug-likeness (QED) is 0.102. The van der Waals surface area contributed by atoms with E-state index < -0.39 is 0 Å². The number of carbonyl (C=O) groups excluding carboxylic acids is 2. The van der Waals surface area contributed by atoms with Gasteiger partial charge >= 0.3 is 11.9 Å². The molecule has 32 heavy (non-hydrogen) atoms. The topological polar surface area (TPSA) is 52.6 Å². The number of esters is 2. The van der Waals surface area contributed by atoms with Crippen LogP contribution in [0, 0.1) is 0 Å². The van der Waals surface area contributed by atoms with Gasteiger partial charge in [0.25, 0.3) is 0 Å². The molecule has 0 radical (unpaired) electrons. The highest BCUT2D eigenvalue weighted by Crippen LogP contribution is 2.14. The Kier molecular flexibility index (Phi) is 25.3. The summed E-state index contributed by atoms with van der Waals surface area (Å²) < 4.78 is 9.96. The zero-order chi connectivity index (χ0) is 23.5. The summed E-state index contributed by atoms with van der Waals surface area (Å²) in [5.41, 5.74) is 0. The van der Waals surface area contributed by atoms with Gasteiger partial charge in [0.05, 0.1) is 26.1 Å². The summed E-state index contributed by atoms with van der Waals surface area (Å²) in [6.07, 6.45) is 27.4. The maximum atomic E-state index is 11.5. The van der Waals surface area contributed by atoms with Crippen LogP contribution >= 0.6 is 0 Å². The fraction of sp³-hybridized carbons (Fsp3) is 0.929. The maximum Gasteiger partial charge on any atom is 0.306 e. The minimum Gasteiger partial charge on any atom is -0.466 e. The summed E-state index contributed by atoms with van der Waals surface area (Å²) in [6.45, 7) is 4.87. The smallest absolute Gasteiger partial charge is 0.306 e. The number of hydrogen-bond acceptors (Lipinski definition) is 4. The van der Waals surface area contributed by atoms with Gasteiger partial charge in [-0.1, -0.05) is 129 Å². The number of rotatable bonds is 25. The van der Waals surface area contributed by atoms with Crippen LogP contribution < -0.4 is 0 Å². The molecule has 0 aliphatic heterocycles. The fourth-order valence-corrected chi connectivity index (χ4v) is 4.05. The van der Waals surface area contributed by atoms with Gasteiger partial charge in [0.2, 0.25) is 0 Å². The van der Waals surface area contributed by atoms with E-state index in [1.165, 1.54) is 116 Å². The molecule has 0 amide bonds. The third-order valence-electron chi connectivity index (χ3n) is 6.10. The number of hydrogen-bond donors (Lipinski definition) is 0. The molecule has 0 atom stereocenters. The van der Waals surface area contributed by atoms with E-state index in [0.717, 1.165) is 12.8 Å². The molecular weight excluding hydrogens is 400 g/mol. The van der Waals surface area contributed by atoms with Crippen LogP contribution in [0.25, 0.3) is 0 Å². The molecule has 0 saturated carbocycles. The Labute approximate surface area is 199 Å². The van der Waals surface area contributed by atoms with Crippen LogP contribution in [0.4, 0.5) is 0 Å². The van der Waals surface area contributed by atoms with E-state index in [9.17, 15) is 9.59 Å². The van der Waals surface area contributed by atoms with Gasteiger partial charge in [-0.25, -0.2) is 0 Å². The van der Waals surface area contributed by atoms with Crippen LogP contribution in [0.5, 0.6) is 0 Å². The second-order valence-electron chi connectivity index (χ2n) is 9.24. The van der Waals surface area contributed by atoms with Crippen molar-refractivity contribution in [2.24, 2.45) is 0 Å².